The summed E-state index contributed by atoms with van der Waals surface area (Å²) < 4.78 is 0. The second-order valence-corrected chi connectivity index (χ2v) is 17.1. The van der Waals surface area contributed by atoms with Crippen molar-refractivity contribution in [1.82, 2.24) is 41.5 Å². The van der Waals surface area contributed by atoms with Gasteiger partial charge in [-0.1, -0.05) is 68.3 Å². The van der Waals surface area contributed by atoms with Gasteiger partial charge in [0.1, 0.15) is 18.1 Å². The van der Waals surface area contributed by atoms with Crippen LogP contribution in [0, 0.1) is 11.8 Å². The lowest BCUT2D eigenvalue weighted by Crippen LogP contribution is -2.57. The number of carbonyl (C=O) groups is 8. The second-order valence-electron chi connectivity index (χ2n) is 17.1. The number of H-pyrrole nitrogens is 2. The van der Waals surface area contributed by atoms with E-state index in [1.54, 1.807) is 36.5 Å². The predicted molar refractivity (Wildman–Crippen MR) is 256 cm³/mol. The molecular formula is C48H66N12O8. The highest BCUT2D eigenvalue weighted by atomic mass is 16.2. The monoisotopic (exact) mass is 939 g/mol. The van der Waals surface area contributed by atoms with E-state index in [0.29, 0.717) is 24.1 Å². The van der Waals surface area contributed by atoms with Gasteiger partial charge in [-0.15, -0.1) is 0 Å². The molecule has 2 heterocycles. The number of amides is 6. The molecule has 0 bridgehead atoms. The average Bonchev–Trinajstić information content (AvgIpc) is 3.98. The van der Waals surface area contributed by atoms with Gasteiger partial charge in [-0.2, -0.15) is 0 Å². The van der Waals surface area contributed by atoms with Crippen LogP contribution in [0.25, 0.3) is 10.9 Å². The van der Waals surface area contributed by atoms with Gasteiger partial charge < -0.3 is 53.8 Å². The summed E-state index contributed by atoms with van der Waals surface area (Å²) in [4.78, 5) is 122. The highest BCUT2D eigenvalue weighted by Crippen LogP contribution is 2.23. The number of guanidine groups is 1. The van der Waals surface area contributed by atoms with E-state index in [9.17, 15) is 38.4 Å². The van der Waals surface area contributed by atoms with Crippen LogP contribution >= 0.6 is 0 Å². The Morgan fingerprint density at radius 2 is 1.32 bits per heavy atom. The maximum atomic E-state index is 14.5. The van der Waals surface area contributed by atoms with Crippen LogP contribution in [-0.2, 0) is 57.6 Å². The van der Waals surface area contributed by atoms with Gasteiger partial charge in [0.15, 0.2) is 17.5 Å². The molecule has 2 aromatic heterocycles. The van der Waals surface area contributed by atoms with Crippen LogP contribution in [0.4, 0.5) is 0 Å². The lowest BCUT2D eigenvalue weighted by atomic mass is 9.89. The van der Waals surface area contributed by atoms with Crippen LogP contribution < -0.4 is 43.8 Å². The minimum absolute atomic E-state index is 0.0209. The number of rotatable bonds is 29. The molecule has 0 aliphatic carbocycles. The van der Waals surface area contributed by atoms with Gasteiger partial charge in [0, 0.05) is 73.6 Å². The van der Waals surface area contributed by atoms with Crippen LogP contribution in [0.2, 0.25) is 0 Å². The number of nitrogens with one attached hydrogen (secondary N) is 7. The summed E-state index contributed by atoms with van der Waals surface area (Å²) in [7, 11) is 0. The Labute approximate surface area is 395 Å². The van der Waals surface area contributed by atoms with Crippen LogP contribution in [0.1, 0.15) is 89.5 Å². The third-order valence-corrected chi connectivity index (χ3v) is 11.5. The first-order valence-corrected chi connectivity index (χ1v) is 22.9. The van der Waals surface area contributed by atoms with Crippen LogP contribution in [-0.4, -0.2) is 105 Å². The Bertz CT molecular complexity index is 2360. The van der Waals surface area contributed by atoms with Crippen molar-refractivity contribution in [3.8, 4) is 0 Å². The van der Waals surface area contributed by atoms with Gasteiger partial charge >= 0.3 is 0 Å². The highest BCUT2D eigenvalue weighted by Gasteiger charge is 2.33. The van der Waals surface area contributed by atoms with E-state index in [1.807, 2.05) is 31.2 Å². The molecule has 0 radical (unpaired) electrons. The zero-order chi connectivity index (χ0) is 49.8. The van der Waals surface area contributed by atoms with E-state index in [4.69, 9.17) is 17.2 Å². The van der Waals surface area contributed by atoms with Crippen molar-refractivity contribution < 1.29 is 38.4 Å². The number of carbonyl (C=O) groups excluding carboxylic acids is 8. The van der Waals surface area contributed by atoms with Crippen LogP contribution in [0.15, 0.2) is 78.3 Å². The smallest absolute Gasteiger partial charge is 0.243 e. The molecule has 0 saturated heterocycles. The summed E-state index contributed by atoms with van der Waals surface area (Å²) in [5.41, 5.74) is 19.7. The van der Waals surface area contributed by atoms with Crippen molar-refractivity contribution in [2.75, 3.05) is 6.54 Å². The number of nitrogens with two attached hydrogens (primary N) is 3. The number of aromatic amines is 2. The van der Waals surface area contributed by atoms with E-state index in [-0.39, 0.29) is 57.5 Å². The largest absolute Gasteiger partial charge is 0.370 e. The summed E-state index contributed by atoms with van der Waals surface area (Å²) >= 11 is 0. The van der Waals surface area contributed by atoms with E-state index < -0.39 is 89.1 Å². The number of fused-ring (bicyclic) bond motifs is 1. The molecule has 6 amide bonds. The molecular weight excluding hydrogens is 873 g/mol. The number of aromatic nitrogens is 3. The molecule has 20 heteroatoms. The molecule has 0 spiro atoms. The lowest BCUT2D eigenvalue weighted by molar-refractivity contribution is -0.135. The number of nitrogens with zero attached hydrogens (tertiary/aromatic N) is 2. The first kappa shape index (κ1) is 53.2. The minimum Gasteiger partial charge on any atom is -0.370 e. The van der Waals surface area contributed by atoms with E-state index in [1.165, 1.54) is 33.3 Å². The van der Waals surface area contributed by atoms with Crippen LogP contribution in [0.3, 0.4) is 0 Å². The zero-order valence-electron chi connectivity index (χ0n) is 39.1. The summed E-state index contributed by atoms with van der Waals surface area (Å²) in [6.07, 6.45) is 6.38. The molecule has 13 N–H and O–H groups in total. The minimum atomic E-state index is -1.27. The van der Waals surface area contributed by atoms with Gasteiger partial charge in [0.2, 0.25) is 35.4 Å². The zero-order valence-corrected chi connectivity index (χ0v) is 39.1. The fraction of sp³-hybridized carbons (Fsp3) is 0.458. The molecule has 0 unspecified atom stereocenters. The average molecular weight is 939 g/mol. The molecule has 4 aromatic rings. The first-order chi connectivity index (χ1) is 32.4. The molecule has 20 nitrogen and oxygen atoms in total. The van der Waals surface area contributed by atoms with Crippen molar-refractivity contribution in [2.24, 2.45) is 34.0 Å². The van der Waals surface area contributed by atoms with Crippen molar-refractivity contribution in [1.29, 1.82) is 0 Å². The molecule has 0 fully saturated rings. The Morgan fingerprint density at radius 3 is 1.99 bits per heavy atom. The number of para-hydroxylation sites is 1. The highest BCUT2D eigenvalue weighted by molar-refractivity contribution is 5.98. The number of aliphatic imine (C=N–C) groups is 1. The topological polar surface area (TPSA) is 332 Å². The standard InChI is InChI=1S/C48H66N12O8/c1-5-6-17-38(58-30(4)61)46(67)57-29(3)44(65)60-40(24-35-26-52-27-55-35)47(68)59-39(20-31-13-8-7-9-14-31)42(63)22-32(15-12-19-53-48(50)51)45(66)56-28(2)41(62)23-33(43(49)64)21-34-25-54-37-18-11-10-16-36(34)37/h7-11,13-14,16,18,25-29,32-33,38-40,54H,5-6,12,15,17,19-24H2,1-4H3,(H2,49,64)(H,52,55)(H,56,66)(H,57,67)(H,58,61)(H,59,68)(H,60,65)(H4,50,51,53)/t28-,29-,32+,33+,38-,39+,40-/m0/s1. The molecule has 7 atom stereocenters. The van der Waals surface area contributed by atoms with Gasteiger partial charge in [-0.25, -0.2) is 4.98 Å². The maximum Gasteiger partial charge on any atom is 0.243 e. The lowest BCUT2D eigenvalue weighted by Gasteiger charge is -2.26. The number of hydrogen-bond donors (Lipinski definition) is 10. The van der Waals surface area contributed by atoms with E-state index >= 15 is 0 Å². The number of imidazole rings is 1. The van der Waals surface area contributed by atoms with Crippen molar-refractivity contribution in [2.45, 2.75) is 122 Å². The van der Waals surface area contributed by atoms with E-state index in [0.717, 1.165) is 22.9 Å². The number of unbranched alkanes of at least 4 members (excludes halogenated alkanes) is 1. The molecule has 0 aliphatic rings. The molecule has 2 aromatic carbocycles. The normalized spacial score (nSPS) is 14.2. The number of hydrogen-bond acceptors (Lipinski definition) is 10. The van der Waals surface area contributed by atoms with E-state index in [2.05, 4.69) is 46.5 Å². The van der Waals surface area contributed by atoms with Gasteiger partial charge in [0.05, 0.1) is 18.4 Å². The van der Waals surface area contributed by atoms with Gasteiger partial charge in [0.25, 0.3) is 0 Å². The summed E-state index contributed by atoms with van der Waals surface area (Å²) in [6, 6.07) is 10.9. The molecule has 4 rings (SSSR count). The third kappa shape index (κ3) is 17.1. The third-order valence-electron chi connectivity index (χ3n) is 11.5. The number of ketones is 2. The maximum absolute atomic E-state index is 14.5. The van der Waals surface area contributed by atoms with Gasteiger partial charge in [-0.3, -0.25) is 43.3 Å². The quantitative estimate of drug-likeness (QED) is 0.0210. The Morgan fingerprint density at radius 1 is 0.662 bits per heavy atom. The number of Topliss-reactive ketones (excluding diaryl/α,β-unsaturated/α-hetero) is 2. The Hall–Kier alpha value is -7.38. The number of benzene rings is 2. The van der Waals surface area contributed by atoms with Crippen LogP contribution in [0.5, 0.6) is 0 Å². The van der Waals surface area contributed by atoms with Crippen molar-refractivity contribution in [3.63, 3.8) is 0 Å². The summed E-state index contributed by atoms with van der Waals surface area (Å²) in [5.74, 6) is -6.66. The van der Waals surface area contributed by atoms with Crippen molar-refractivity contribution >= 4 is 63.9 Å². The molecule has 0 saturated carbocycles. The fourth-order valence-corrected chi connectivity index (χ4v) is 7.72. The number of primary amides is 1. The fourth-order valence-electron chi connectivity index (χ4n) is 7.72. The van der Waals surface area contributed by atoms with Gasteiger partial charge in [-0.05, 0) is 63.1 Å². The molecule has 366 valence electrons. The van der Waals surface area contributed by atoms with Crippen molar-refractivity contribution in [3.05, 3.63) is 90.1 Å². The molecule has 68 heavy (non-hydrogen) atoms. The SMILES string of the molecule is CCCC[C@H](NC(C)=O)C(=O)N[C@@H](C)C(=O)N[C@@H](Cc1cnc[nH]1)C(=O)N[C@H](Cc1ccccc1)C(=O)C[C@@H](CCCN=C(N)N)C(=O)N[C@@H](C)C(=O)C[C@@H](Cc1c[nH]c2ccccc12)C(N)=O. The Kier molecular flexibility index (Phi) is 20.9. The Balaban J connectivity index is 1.53. The molecule has 0 aliphatic heterocycles. The second kappa shape index (κ2) is 26.7. The first-order valence-electron chi connectivity index (χ1n) is 22.9. The summed E-state index contributed by atoms with van der Waals surface area (Å²) in [5, 5.41) is 14.4. The predicted octanol–water partition coefficient (Wildman–Crippen LogP) is 1.28. The summed E-state index contributed by atoms with van der Waals surface area (Å²) in [6.45, 7) is 6.32.